The highest BCUT2D eigenvalue weighted by atomic mass is 16.2. The molecule has 1 saturated heterocycles. The van der Waals surface area contributed by atoms with Crippen LogP contribution in [0, 0.1) is 17.8 Å². The number of rotatable bonds is 3. The van der Waals surface area contributed by atoms with Crippen LogP contribution in [-0.2, 0) is 4.79 Å². The number of hydrogen-bond donors (Lipinski definition) is 1. The molecule has 2 aliphatic carbocycles. The van der Waals surface area contributed by atoms with Gasteiger partial charge in [0.2, 0.25) is 5.91 Å². The van der Waals surface area contributed by atoms with Gasteiger partial charge in [-0.3, -0.25) is 14.6 Å². The van der Waals surface area contributed by atoms with Crippen molar-refractivity contribution in [2.24, 2.45) is 17.8 Å². The molecule has 0 spiro atoms. The molecule has 2 saturated carbocycles. The molecule has 3 fully saturated rings. The summed E-state index contributed by atoms with van der Waals surface area (Å²) in [7, 11) is 0. The molecule has 0 bridgehead atoms. The molecule has 116 valence electrons. The Morgan fingerprint density at radius 1 is 1.18 bits per heavy atom. The summed E-state index contributed by atoms with van der Waals surface area (Å²) in [5, 5.41) is 3.12. The fraction of sp³-hybridized carbons (Fsp3) is 0.588. The molecule has 1 N–H and O–H groups in total. The van der Waals surface area contributed by atoms with Gasteiger partial charge in [0.1, 0.15) is 0 Å². The minimum absolute atomic E-state index is 0.0708. The van der Waals surface area contributed by atoms with Crippen LogP contribution in [0.3, 0.4) is 0 Å². The topological polar surface area (TPSA) is 62.3 Å². The number of hydrogen-bond acceptors (Lipinski definition) is 3. The van der Waals surface area contributed by atoms with Crippen molar-refractivity contribution in [3.8, 4) is 0 Å². The monoisotopic (exact) mass is 299 g/mol. The summed E-state index contributed by atoms with van der Waals surface area (Å²) in [4.78, 5) is 30.6. The zero-order valence-corrected chi connectivity index (χ0v) is 12.6. The van der Waals surface area contributed by atoms with E-state index in [1.54, 1.807) is 18.5 Å². The maximum atomic E-state index is 12.5. The summed E-state index contributed by atoms with van der Waals surface area (Å²) in [6.07, 6.45) is 7.44. The number of aromatic nitrogens is 1. The van der Waals surface area contributed by atoms with Crippen LogP contribution in [-0.4, -0.2) is 40.8 Å². The van der Waals surface area contributed by atoms with E-state index in [9.17, 15) is 9.59 Å². The lowest BCUT2D eigenvalue weighted by molar-refractivity contribution is -0.125. The number of likely N-dealkylation sites (tertiary alicyclic amines) is 1. The van der Waals surface area contributed by atoms with Crippen LogP contribution >= 0.6 is 0 Å². The Balaban J connectivity index is 1.35. The SMILES string of the molecule is O=C(NC1CC1)C1C[C@@H]2CN(C(=O)c3cccnc3)C[C@@H]2C1. The summed E-state index contributed by atoms with van der Waals surface area (Å²) >= 11 is 0. The average Bonchev–Trinajstić information content (AvgIpc) is 3.11. The molecule has 3 aliphatic rings. The van der Waals surface area contributed by atoms with Crippen molar-refractivity contribution < 1.29 is 9.59 Å². The zero-order chi connectivity index (χ0) is 15.1. The number of carbonyl (C=O) groups is 2. The van der Waals surface area contributed by atoms with Crippen LogP contribution in [0.4, 0.5) is 0 Å². The van der Waals surface area contributed by atoms with Gasteiger partial charge in [-0.25, -0.2) is 0 Å². The molecule has 1 aromatic rings. The van der Waals surface area contributed by atoms with Crippen molar-refractivity contribution in [1.82, 2.24) is 15.2 Å². The smallest absolute Gasteiger partial charge is 0.255 e. The molecule has 0 radical (unpaired) electrons. The Hall–Kier alpha value is -1.91. The van der Waals surface area contributed by atoms with E-state index < -0.39 is 0 Å². The van der Waals surface area contributed by atoms with Gasteiger partial charge < -0.3 is 10.2 Å². The Morgan fingerprint density at radius 2 is 1.91 bits per heavy atom. The van der Waals surface area contributed by atoms with E-state index in [1.165, 1.54) is 0 Å². The first-order valence-electron chi connectivity index (χ1n) is 8.20. The standard InChI is InChI=1S/C17H21N3O2/c21-16(19-15-3-4-15)12-6-13-9-20(10-14(13)7-12)17(22)11-2-1-5-18-8-11/h1-2,5,8,12-15H,3-4,6-7,9-10H2,(H,19,21)/t12?,13-,14+. The van der Waals surface area contributed by atoms with Crippen molar-refractivity contribution in [1.29, 1.82) is 0 Å². The largest absolute Gasteiger partial charge is 0.353 e. The lowest BCUT2D eigenvalue weighted by Crippen LogP contribution is -2.34. The summed E-state index contributed by atoms with van der Waals surface area (Å²) in [6.45, 7) is 1.57. The zero-order valence-electron chi connectivity index (χ0n) is 12.6. The molecule has 5 nitrogen and oxygen atoms in total. The molecular weight excluding hydrogens is 278 g/mol. The predicted molar refractivity (Wildman–Crippen MR) is 81.0 cm³/mol. The number of carbonyl (C=O) groups excluding carboxylic acids is 2. The van der Waals surface area contributed by atoms with E-state index in [0.29, 0.717) is 23.4 Å². The van der Waals surface area contributed by atoms with Crippen LogP contribution in [0.25, 0.3) is 0 Å². The minimum Gasteiger partial charge on any atom is -0.353 e. The maximum Gasteiger partial charge on any atom is 0.255 e. The Bertz CT molecular complexity index is 571. The minimum atomic E-state index is 0.0708. The molecule has 22 heavy (non-hydrogen) atoms. The van der Waals surface area contributed by atoms with Crippen molar-refractivity contribution in [2.75, 3.05) is 13.1 Å². The predicted octanol–water partition coefficient (Wildman–Crippen LogP) is 1.46. The lowest BCUT2D eigenvalue weighted by Gasteiger charge is -2.19. The third-order valence-corrected chi connectivity index (χ3v) is 5.24. The first-order chi connectivity index (χ1) is 10.7. The van der Waals surface area contributed by atoms with Gasteiger partial charge in [-0.1, -0.05) is 0 Å². The van der Waals surface area contributed by atoms with E-state index in [1.807, 2.05) is 11.0 Å². The van der Waals surface area contributed by atoms with E-state index in [-0.39, 0.29) is 17.7 Å². The van der Waals surface area contributed by atoms with E-state index >= 15 is 0 Å². The first kappa shape index (κ1) is 13.7. The van der Waals surface area contributed by atoms with Crippen molar-refractivity contribution >= 4 is 11.8 Å². The van der Waals surface area contributed by atoms with E-state index in [0.717, 1.165) is 38.8 Å². The molecule has 1 unspecified atom stereocenters. The third-order valence-electron chi connectivity index (χ3n) is 5.24. The third kappa shape index (κ3) is 2.60. The van der Waals surface area contributed by atoms with Gasteiger partial charge in [-0.05, 0) is 49.7 Å². The second-order valence-corrected chi connectivity index (χ2v) is 6.92. The second-order valence-electron chi connectivity index (χ2n) is 6.92. The van der Waals surface area contributed by atoms with Gasteiger partial charge in [0, 0.05) is 37.4 Å². The van der Waals surface area contributed by atoms with Crippen molar-refractivity contribution in [2.45, 2.75) is 31.7 Å². The Kier molecular flexibility index (Phi) is 3.36. The van der Waals surface area contributed by atoms with E-state index in [2.05, 4.69) is 10.3 Å². The highest BCUT2D eigenvalue weighted by Gasteiger charge is 2.45. The number of fused-ring (bicyclic) bond motifs is 1. The van der Waals surface area contributed by atoms with Crippen LogP contribution in [0.1, 0.15) is 36.0 Å². The molecule has 2 heterocycles. The molecule has 1 aliphatic heterocycles. The molecule has 3 atom stereocenters. The van der Waals surface area contributed by atoms with Gasteiger partial charge in [-0.15, -0.1) is 0 Å². The van der Waals surface area contributed by atoms with Gasteiger partial charge in [0.15, 0.2) is 0 Å². The molecule has 4 rings (SSSR count). The number of nitrogens with one attached hydrogen (secondary N) is 1. The second kappa shape index (κ2) is 5.38. The summed E-state index contributed by atoms with van der Waals surface area (Å²) < 4.78 is 0. The molecule has 5 heteroatoms. The Morgan fingerprint density at radius 3 is 2.50 bits per heavy atom. The summed E-state index contributed by atoms with van der Waals surface area (Å²) in [5.74, 6) is 1.43. The van der Waals surface area contributed by atoms with Crippen molar-refractivity contribution in [3.05, 3.63) is 30.1 Å². The lowest BCUT2D eigenvalue weighted by atomic mass is 10.0. The number of pyridine rings is 1. The van der Waals surface area contributed by atoms with Gasteiger partial charge in [0.25, 0.3) is 5.91 Å². The molecule has 2 amide bonds. The molecule has 0 aromatic carbocycles. The highest BCUT2D eigenvalue weighted by Crippen LogP contribution is 2.42. The highest BCUT2D eigenvalue weighted by molar-refractivity contribution is 5.94. The van der Waals surface area contributed by atoms with Gasteiger partial charge in [0.05, 0.1) is 5.56 Å². The fourth-order valence-corrected chi connectivity index (χ4v) is 3.90. The Labute approximate surface area is 130 Å². The fourth-order valence-electron chi connectivity index (χ4n) is 3.90. The number of amides is 2. The normalized spacial score (nSPS) is 30.2. The molecular formula is C17H21N3O2. The first-order valence-corrected chi connectivity index (χ1v) is 8.20. The number of nitrogens with zero attached hydrogens (tertiary/aromatic N) is 2. The van der Waals surface area contributed by atoms with Crippen LogP contribution in [0.15, 0.2) is 24.5 Å². The summed E-state index contributed by atoms with van der Waals surface area (Å²) in [5.41, 5.74) is 0.658. The average molecular weight is 299 g/mol. The van der Waals surface area contributed by atoms with Crippen molar-refractivity contribution in [3.63, 3.8) is 0 Å². The molecule has 1 aromatic heterocycles. The van der Waals surface area contributed by atoms with Crippen LogP contribution < -0.4 is 5.32 Å². The summed E-state index contributed by atoms with van der Waals surface area (Å²) in [6, 6.07) is 4.05. The van der Waals surface area contributed by atoms with Crippen LogP contribution in [0.5, 0.6) is 0 Å². The van der Waals surface area contributed by atoms with E-state index in [4.69, 9.17) is 0 Å². The van der Waals surface area contributed by atoms with Gasteiger partial charge >= 0.3 is 0 Å². The van der Waals surface area contributed by atoms with Gasteiger partial charge in [-0.2, -0.15) is 0 Å². The van der Waals surface area contributed by atoms with Crippen LogP contribution in [0.2, 0.25) is 0 Å². The maximum absolute atomic E-state index is 12.5. The quantitative estimate of drug-likeness (QED) is 0.919.